The monoisotopic (exact) mass is 465 g/mol. The summed E-state index contributed by atoms with van der Waals surface area (Å²) in [6, 6.07) is 8.11. The van der Waals surface area contributed by atoms with Crippen LogP contribution < -0.4 is 14.8 Å². The van der Waals surface area contributed by atoms with Gasteiger partial charge in [-0.2, -0.15) is 10.2 Å². The summed E-state index contributed by atoms with van der Waals surface area (Å²) in [7, 11) is -0.458. The highest BCUT2D eigenvalue weighted by atomic mass is 32.2. The first-order chi connectivity index (χ1) is 15.5. The van der Waals surface area contributed by atoms with E-state index in [-0.39, 0.29) is 35.4 Å². The summed E-state index contributed by atoms with van der Waals surface area (Å²) in [4.78, 5) is 8.44. The Morgan fingerprint density at radius 2 is 1.75 bits per heavy atom. The number of nitrogens with zero attached hydrogens (tertiary/aromatic N) is 3. The summed E-state index contributed by atoms with van der Waals surface area (Å²) < 4.78 is 47.8. The molecule has 0 amide bonds. The molecule has 0 atom stereocenters. The van der Waals surface area contributed by atoms with E-state index in [9.17, 15) is 13.7 Å². The van der Waals surface area contributed by atoms with E-state index in [1.807, 2.05) is 6.07 Å². The summed E-state index contributed by atoms with van der Waals surface area (Å²) in [5, 5.41) is 12.2. The smallest absolute Gasteiger partial charge is 0.240 e. The number of hydrogen-bond acceptors (Lipinski definition) is 10. The molecule has 0 aliphatic carbocycles. The number of rotatable bonds is 15. The van der Waals surface area contributed by atoms with Crippen LogP contribution >= 0.6 is 0 Å². The van der Waals surface area contributed by atoms with Crippen LogP contribution in [0.15, 0.2) is 35.4 Å². The highest BCUT2D eigenvalue weighted by Gasteiger charge is 2.14. The van der Waals surface area contributed by atoms with Crippen molar-refractivity contribution in [1.82, 2.24) is 14.7 Å². The predicted molar refractivity (Wildman–Crippen MR) is 116 cm³/mol. The van der Waals surface area contributed by atoms with Gasteiger partial charge in [0.05, 0.1) is 30.9 Å². The molecule has 0 bridgehead atoms. The highest BCUT2D eigenvalue weighted by molar-refractivity contribution is 7.89. The number of hydrogen-bond donors (Lipinski definition) is 2. The second-order valence-electron chi connectivity index (χ2n) is 6.37. The van der Waals surface area contributed by atoms with Crippen molar-refractivity contribution in [3.63, 3.8) is 0 Å². The van der Waals surface area contributed by atoms with E-state index in [4.69, 9.17) is 18.9 Å². The lowest BCUT2D eigenvalue weighted by Gasteiger charge is -2.10. The van der Waals surface area contributed by atoms with Gasteiger partial charge in [-0.05, 0) is 30.7 Å². The lowest BCUT2D eigenvalue weighted by molar-refractivity contribution is 0.0536. The number of anilines is 2. The van der Waals surface area contributed by atoms with Crippen LogP contribution in [0.3, 0.4) is 0 Å². The van der Waals surface area contributed by atoms with Gasteiger partial charge in [-0.25, -0.2) is 18.1 Å². The molecule has 0 unspecified atom stereocenters. The van der Waals surface area contributed by atoms with Crippen LogP contribution in [-0.2, 0) is 24.2 Å². The van der Waals surface area contributed by atoms with Gasteiger partial charge < -0.3 is 24.3 Å². The molecule has 1 aromatic carbocycles. The number of ether oxygens (including phenoxy) is 4. The molecular weight excluding hydrogens is 438 g/mol. The third kappa shape index (κ3) is 8.37. The number of nitriles is 1. The van der Waals surface area contributed by atoms with E-state index >= 15 is 0 Å². The van der Waals surface area contributed by atoms with E-state index in [1.165, 1.54) is 18.3 Å². The Labute approximate surface area is 187 Å². The number of benzene rings is 1. The Balaban J connectivity index is 1.97. The maximum Gasteiger partial charge on any atom is 0.240 e. The SMILES string of the molecule is COCCCNS(=O)(=O)c1ccc(Nc2ncc(C#N)c(OCCOCCOC)n2)cc1. The number of nitrogens with one attached hydrogen (secondary N) is 2. The molecule has 2 aromatic rings. The zero-order valence-electron chi connectivity index (χ0n) is 18.0. The Morgan fingerprint density at radius 3 is 2.44 bits per heavy atom. The minimum Gasteiger partial charge on any atom is -0.474 e. The lowest BCUT2D eigenvalue weighted by atomic mass is 10.3. The van der Waals surface area contributed by atoms with E-state index in [1.54, 1.807) is 26.4 Å². The molecule has 11 nitrogen and oxygen atoms in total. The van der Waals surface area contributed by atoms with E-state index in [0.717, 1.165) is 0 Å². The first kappa shape index (κ1) is 25.4. The molecule has 0 aliphatic heterocycles. The molecule has 12 heteroatoms. The summed E-state index contributed by atoms with van der Waals surface area (Å²) >= 11 is 0. The molecule has 1 heterocycles. The minimum atomic E-state index is -3.61. The van der Waals surface area contributed by atoms with Crippen LogP contribution in [0.1, 0.15) is 12.0 Å². The van der Waals surface area contributed by atoms with Gasteiger partial charge in [0.1, 0.15) is 18.2 Å². The standard InChI is InChI=1S/C20H27N5O6S/c1-28-9-3-8-23-32(26,27)18-6-4-17(5-7-18)24-20-22-15-16(14-21)19(25-20)31-13-12-30-11-10-29-2/h4-7,15,23H,3,8-13H2,1-2H3,(H,22,24,25). The van der Waals surface area contributed by atoms with Gasteiger partial charge in [-0.3, -0.25) is 0 Å². The number of aromatic nitrogens is 2. The average Bonchev–Trinajstić information content (AvgIpc) is 2.79. The van der Waals surface area contributed by atoms with Gasteiger partial charge in [-0.1, -0.05) is 0 Å². The van der Waals surface area contributed by atoms with Crippen LogP contribution in [0.25, 0.3) is 0 Å². The van der Waals surface area contributed by atoms with E-state index in [2.05, 4.69) is 20.0 Å². The molecule has 2 rings (SSSR count). The maximum absolute atomic E-state index is 12.3. The summed E-state index contributed by atoms with van der Waals surface area (Å²) in [5.74, 6) is 0.326. The summed E-state index contributed by atoms with van der Waals surface area (Å²) in [6.07, 6.45) is 1.92. The molecular formula is C20H27N5O6S. The van der Waals surface area contributed by atoms with Gasteiger partial charge >= 0.3 is 0 Å². The Hall–Kier alpha value is -2.82. The summed E-state index contributed by atoms with van der Waals surface area (Å²) in [5.41, 5.74) is 0.760. The molecule has 0 saturated carbocycles. The second kappa shape index (κ2) is 13.6. The van der Waals surface area contributed by atoms with Gasteiger partial charge in [0.25, 0.3) is 0 Å². The largest absolute Gasteiger partial charge is 0.474 e. The molecule has 0 aliphatic rings. The van der Waals surface area contributed by atoms with Gasteiger partial charge in [0.2, 0.25) is 21.9 Å². The molecule has 0 spiro atoms. The molecule has 2 N–H and O–H groups in total. The first-order valence-corrected chi connectivity index (χ1v) is 11.3. The van der Waals surface area contributed by atoms with Gasteiger partial charge in [-0.15, -0.1) is 0 Å². The van der Waals surface area contributed by atoms with E-state index < -0.39 is 10.0 Å². The minimum absolute atomic E-state index is 0.125. The highest BCUT2D eigenvalue weighted by Crippen LogP contribution is 2.20. The van der Waals surface area contributed by atoms with Crippen molar-refractivity contribution >= 4 is 21.7 Å². The zero-order chi connectivity index (χ0) is 23.2. The van der Waals surface area contributed by atoms with Crippen LogP contribution in [-0.4, -0.2) is 72.2 Å². The fourth-order valence-corrected chi connectivity index (χ4v) is 3.48. The lowest BCUT2D eigenvalue weighted by Crippen LogP contribution is -2.25. The maximum atomic E-state index is 12.3. The molecule has 0 fully saturated rings. The summed E-state index contributed by atoms with van der Waals surface area (Å²) in [6.45, 7) is 2.21. The second-order valence-corrected chi connectivity index (χ2v) is 8.14. The van der Waals surface area contributed by atoms with Crippen molar-refractivity contribution in [1.29, 1.82) is 5.26 Å². The fraction of sp³-hybridized carbons (Fsp3) is 0.450. The third-order valence-corrected chi connectivity index (χ3v) is 5.49. The van der Waals surface area contributed by atoms with Crippen LogP contribution in [0.2, 0.25) is 0 Å². The molecule has 1 aromatic heterocycles. The number of methoxy groups -OCH3 is 2. The van der Waals surface area contributed by atoms with Crippen LogP contribution in [0, 0.1) is 11.3 Å². The number of sulfonamides is 1. The van der Waals surface area contributed by atoms with E-state index in [0.29, 0.717) is 38.5 Å². The topological polar surface area (TPSA) is 145 Å². The van der Waals surface area contributed by atoms with Crippen molar-refractivity contribution < 1.29 is 27.4 Å². The van der Waals surface area contributed by atoms with Crippen molar-refractivity contribution in [3.8, 4) is 11.9 Å². The van der Waals surface area contributed by atoms with Crippen molar-refractivity contribution in [2.45, 2.75) is 11.3 Å². The Bertz CT molecular complexity index is 979. The average molecular weight is 466 g/mol. The van der Waals surface area contributed by atoms with Crippen molar-refractivity contribution in [3.05, 3.63) is 36.0 Å². The molecule has 174 valence electrons. The van der Waals surface area contributed by atoms with Crippen molar-refractivity contribution in [2.75, 3.05) is 59.1 Å². The first-order valence-electron chi connectivity index (χ1n) is 9.82. The Morgan fingerprint density at radius 1 is 1.03 bits per heavy atom. The van der Waals surface area contributed by atoms with Crippen molar-refractivity contribution in [2.24, 2.45) is 0 Å². The van der Waals surface area contributed by atoms with Gasteiger partial charge in [0.15, 0.2) is 0 Å². The molecule has 32 heavy (non-hydrogen) atoms. The Kier molecular flexibility index (Phi) is 10.8. The quantitative estimate of drug-likeness (QED) is 0.371. The molecule has 0 saturated heterocycles. The van der Waals surface area contributed by atoms with Crippen LogP contribution in [0.4, 0.5) is 11.6 Å². The molecule has 0 radical (unpaired) electrons. The fourth-order valence-electron chi connectivity index (χ4n) is 2.41. The predicted octanol–water partition coefficient (Wildman–Crippen LogP) is 1.45. The van der Waals surface area contributed by atoms with Gasteiger partial charge in [0, 0.05) is 33.1 Å². The normalized spacial score (nSPS) is 11.2. The zero-order valence-corrected chi connectivity index (χ0v) is 18.9. The van der Waals surface area contributed by atoms with Crippen LogP contribution in [0.5, 0.6) is 5.88 Å². The third-order valence-electron chi connectivity index (χ3n) is 4.01.